The van der Waals surface area contributed by atoms with Crippen molar-refractivity contribution in [2.45, 2.75) is 51.6 Å². The van der Waals surface area contributed by atoms with Gasteiger partial charge in [-0.1, -0.05) is 25.6 Å². The molecule has 1 aliphatic carbocycles. The molecule has 0 saturated carbocycles. The largest absolute Gasteiger partial charge is 0.455 e. The average molecular weight is 276 g/mol. The molecule has 0 spiro atoms. The molecule has 108 valence electrons. The van der Waals surface area contributed by atoms with E-state index in [9.17, 15) is 9.18 Å². The van der Waals surface area contributed by atoms with Crippen molar-refractivity contribution in [2.75, 3.05) is 0 Å². The van der Waals surface area contributed by atoms with Crippen LogP contribution in [0.4, 0.5) is 4.39 Å². The van der Waals surface area contributed by atoms with Crippen molar-refractivity contribution in [2.24, 2.45) is 0 Å². The van der Waals surface area contributed by atoms with Crippen molar-refractivity contribution < 1.29 is 13.9 Å². The standard InChI is InChI=1S/C17H21FO2/c1-5-17(4,20-16(19)11(2)3)14-10-9-13-12(14)7-6-8-15(13)18/h6-8,14H,2,5,9-10H2,1,3-4H3. The van der Waals surface area contributed by atoms with Gasteiger partial charge in [0, 0.05) is 11.5 Å². The van der Waals surface area contributed by atoms with E-state index in [1.807, 2.05) is 19.9 Å². The van der Waals surface area contributed by atoms with Gasteiger partial charge in [0.15, 0.2) is 0 Å². The first-order chi connectivity index (χ1) is 9.39. The molecule has 2 unspecified atom stereocenters. The highest BCUT2D eigenvalue weighted by molar-refractivity contribution is 5.87. The number of ether oxygens (including phenoxy) is 1. The Morgan fingerprint density at radius 1 is 1.55 bits per heavy atom. The van der Waals surface area contributed by atoms with Crippen LogP contribution in [0.15, 0.2) is 30.4 Å². The highest BCUT2D eigenvalue weighted by Gasteiger charge is 2.41. The van der Waals surface area contributed by atoms with Crippen molar-refractivity contribution in [1.29, 1.82) is 0 Å². The normalized spacial score (nSPS) is 20.1. The summed E-state index contributed by atoms with van der Waals surface area (Å²) in [7, 11) is 0. The second kappa shape index (κ2) is 5.39. The molecule has 0 radical (unpaired) electrons. The van der Waals surface area contributed by atoms with Crippen LogP contribution < -0.4 is 0 Å². The quantitative estimate of drug-likeness (QED) is 0.610. The van der Waals surface area contributed by atoms with E-state index < -0.39 is 5.60 Å². The number of benzene rings is 1. The van der Waals surface area contributed by atoms with E-state index in [2.05, 4.69) is 6.58 Å². The van der Waals surface area contributed by atoms with E-state index in [0.29, 0.717) is 18.4 Å². The molecule has 1 aromatic rings. The topological polar surface area (TPSA) is 26.3 Å². The van der Waals surface area contributed by atoms with Gasteiger partial charge < -0.3 is 4.74 Å². The number of carbonyl (C=O) groups is 1. The van der Waals surface area contributed by atoms with Crippen LogP contribution in [0.2, 0.25) is 0 Å². The fourth-order valence-electron chi connectivity index (χ4n) is 2.93. The Labute approximate surface area is 119 Å². The number of hydrogen-bond donors (Lipinski definition) is 0. The minimum Gasteiger partial charge on any atom is -0.455 e. The van der Waals surface area contributed by atoms with Crippen molar-refractivity contribution in [3.8, 4) is 0 Å². The third kappa shape index (κ3) is 2.49. The Morgan fingerprint density at radius 2 is 2.25 bits per heavy atom. The van der Waals surface area contributed by atoms with Crippen LogP contribution in [0, 0.1) is 5.82 Å². The van der Waals surface area contributed by atoms with Crippen LogP contribution in [0.5, 0.6) is 0 Å². The zero-order chi connectivity index (χ0) is 14.9. The summed E-state index contributed by atoms with van der Waals surface area (Å²) >= 11 is 0. The van der Waals surface area contributed by atoms with Gasteiger partial charge >= 0.3 is 5.97 Å². The average Bonchev–Trinajstić information content (AvgIpc) is 2.84. The predicted molar refractivity (Wildman–Crippen MR) is 77.1 cm³/mol. The Kier molecular flexibility index (Phi) is 3.98. The van der Waals surface area contributed by atoms with Gasteiger partial charge in [0.25, 0.3) is 0 Å². The smallest absolute Gasteiger partial charge is 0.333 e. The van der Waals surface area contributed by atoms with Gasteiger partial charge in [-0.2, -0.15) is 0 Å². The molecule has 0 aliphatic heterocycles. The first kappa shape index (κ1) is 14.8. The first-order valence-electron chi connectivity index (χ1n) is 7.05. The number of esters is 1. The van der Waals surface area contributed by atoms with Crippen molar-refractivity contribution >= 4 is 5.97 Å². The van der Waals surface area contributed by atoms with Gasteiger partial charge in [-0.05, 0) is 50.3 Å². The highest BCUT2D eigenvalue weighted by atomic mass is 19.1. The minimum absolute atomic E-state index is 0.0431. The summed E-state index contributed by atoms with van der Waals surface area (Å²) in [5.41, 5.74) is 1.52. The van der Waals surface area contributed by atoms with Gasteiger partial charge in [0.1, 0.15) is 11.4 Å². The molecule has 20 heavy (non-hydrogen) atoms. The molecule has 0 bridgehead atoms. The summed E-state index contributed by atoms with van der Waals surface area (Å²) in [4.78, 5) is 11.9. The number of hydrogen-bond acceptors (Lipinski definition) is 2. The Bertz CT molecular complexity index is 550. The summed E-state index contributed by atoms with van der Waals surface area (Å²) in [6.07, 6.45) is 2.20. The Morgan fingerprint density at radius 3 is 2.85 bits per heavy atom. The van der Waals surface area contributed by atoms with E-state index in [-0.39, 0.29) is 17.7 Å². The van der Waals surface area contributed by atoms with Crippen molar-refractivity contribution in [3.05, 3.63) is 47.3 Å². The van der Waals surface area contributed by atoms with Crippen LogP contribution >= 0.6 is 0 Å². The Hall–Kier alpha value is -1.64. The molecule has 0 N–H and O–H groups in total. The van der Waals surface area contributed by atoms with Crippen molar-refractivity contribution in [1.82, 2.24) is 0 Å². The minimum atomic E-state index is -0.616. The number of rotatable bonds is 4. The van der Waals surface area contributed by atoms with Crippen LogP contribution in [0.25, 0.3) is 0 Å². The van der Waals surface area contributed by atoms with Gasteiger partial charge in [0.05, 0.1) is 0 Å². The lowest BCUT2D eigenvalue weighted by molar-refractivity contribution is -0.156. The third-order valence-electron chi connectivity index (χ3n) is 4.33. The monoisotopic (exact) mass is 276 g/mol. The van der Waals surface area contributed by atoms with Crippen LogP contribution in [-0.4, -0.2) is 11.6 Å². The second-order valence-electron chi connectivity index (χ2n) is 5.73. The molecular formula is C17H21FO2. The molecule has 2 atom stereocenters. The summed E-state index contributed by atoms with van der Waals surface area (Å²) in [6.45, 7) is 9.18. The van der Waals surface area contributed by atoms with E-state index in [1.54, 1.807) is 13.0 Å². The fraction of sp³-hybridized carbons (Fsp3) is 0.471. The maximum Gasteiger partial charge on any atom is 0.333 e. The molecule has 2 nitrogen and oxygen atoms in total. The lowest BCUT2D eigenvalue weighted by atomic mass is 9.82. The van der Waals surface area contributed by atoms with Gasteiger partial charge in [-0.3, -0.25) is 0 Å². The molecule has 1 aromatic carbocycles. The van der Waals surface area contributed by atoms with E-state index in [0.717, 1.165) is 17.5 Å². The molecular weight excluding hydrogens is 255 g/mol. The first-order valence-corrected chi connectivity index (χ1v) is 7.05. The maximum atomic E-state index is 13.8. The molecule has 0 saturated heterocycles. The molecule has 3 heteroatoms. The fourth-order valence-corrected chi connectivity index (χ4v) is 2.93. The summed E-state index contributed by atoms with van der Waals surface area (Å²) in [5, 5.41) is 0. The molecule has 0 fully saturated rings. The van der Waals surface area contributed by atoms with Crippen LogP contribution in [0.3, 0.4) is 0 Å². The Balaban J connectivity index is 2.33. The molecule has 2 rings (SSSR count). The number of carbonyl (C=O) groups excluding carboxylic acids is 1. The summed E-state index contributed by atoms with van der Waals surface area (Å²) < 4.78 is 19.5. The number of halogens is 1. The zero-order valence-electron chi connectivity index (χ0n) is 12.3. The second-order valence-corrected chi connectivity index (χ2v) is 5.73. The summed E-state index contributed by atoms with van der Waals surface area (Å²) in [5.74, 6) is -0.490. The van der Waals surface area contributed by atoms with Crippen molar-refractivity contribution in [3.63, 3.8) is 0 Å². The van der Waals surface area contributed by atoms with E-state index in [4.69, 9.17) is 4.74 Å². The molecule has 1 aliphatic rings. The predicted octanol–water partition coefficient (Wildman–Crippen LogP) is 4.14. The van der Waals surface area contributed by atoms with Crippen LogP contribution in [-0.2, 0) is 16.0 Å². The van der Waals surface area contributed by atoms with E-state index >= 15 is 0 Å². The molecule has 0 amide bonds. The van der Waals surface area contributed by atoms with Gasteiger partial charge in [0.2, 0.25) is 0 Å². The summed E-state index contributed by atoms with van der Waals surface area (Å²) in [6, 6.07) is 5.16. The SMILES string of the molecule is C=C(C)C(=O)OC(C)(CC)C1CCc2c(F)cccc21. The zero-order valence-corrected chi connectivity index (χ0v) is 12.3. The lowest BCUT2D eigenvalue weighted by Crippen LogP contribution is -2.37. The van der Waals surface area contributed by atoms with Gasteiger partial charge in [-0.25, -0.2) is 9.18 Å². The van der Waals surface area contributed by atoms with Gasteiger partial charge in [-0.15, -0.1) is 0 Å². The number of fused-ring (bicyclic) bond motifs is 1. The highest BCUT2D eigenvalue weighted by Crippen LogP contribution is 2.44. The molecule has 0 aromatic heterocycles. The van der Waals surface area contributed by atoms with Crippen LogP contribution in [0.1, 0.15) is 50.7 Å². The van der Waals surface area contributed by atoms with E-state index in [1.165, 1.54) is 6.07 Å². The third-order valence-corrected chi connectivity index (χ3v) is 4.33. The maximum absolute atomic E-state index is 13.8. The lowest BCUT2D eigenvalue weighted by Gasteiger charge is -2.35. The molecule has 0 heterocycles.